The highest BCUT2D eigenvalue weighted by Gasteiger charge is 2.44. The van der Waals surface area contributed by atoms with Crippen molar-refractivity contribution in [3.63, 3.8) is 0 Å². The SMILES string of the molecule is COCn1c(CCCO[Si](C(C)C)(C(C)C)C(C)C)nc(-c2cc3occc3cc2F)c1-c1ccnc(Nc2cc([N+](=O)[O-])c(N(C)CCN(C)C)cc2OC)n1. The molecule has 5 rings (SSSR count). The molecule has 308 valence electrons. The van der Waals surface area contributed by atoms with Crippen molar-refractivity contribution in [2.24, 2.45) is 0 Å². The Kier molecular flexibility index (Phi) is 14.1. The molecule has 1 N–H and O–H groups in total. The molecule has 3 heterocycles. The minimum atomic E-state index is -2.09. The summed E-state index contributed by atoms with van der Waals surface area (Å²) in [5, 5.41) is 16.1. The van der Waals surface area contributed by atoms with Crippen LogP contribution in [-0.2, 0) is 22.3 Å². The van der Waals surface area contributed by atoms with E-state index in [0.29, 0.717) is 100 Å². The van der Waals surface area contributed by atoms with Crippen molar-refractivity contribution in [1.29, 1.82) is 0 Å². The number of hydrogen-bond acceptors (Lipinski definition) is 12. The number of aromatic nitrogens is 4. The van der Waals surface area contributed by atoms with Crippen LogP contribution in [0.5, 0.6) is 5.75 Å². The van der Waals surface area contributed by atoms with Gasteiger partial charge in [-0.15, -0.1) is 0 Å². The Morgan fingerprint density at radius 2 is 1.72 bits per heavy atom. The largest absolute Gasteiger partial charge is 0.494 e. The van der Waals surface area contributed by atoms with Crippen LogP contribution in [0.1, 0.15) is 53.8 Å². The molecule has 0 radical (unpaired) electrons. The van der Waals surface area contributed by atoms with Gasteiger partial charge in [0.1, 0.15) is 41.1 Å². The third-order valence-electron chi connectivity index (χ3n) is 10.6. The van der Waals surface area contributed by atoms with Crippen LogP contribution in [-0.4, -0.2) is 92.7 Å². The summed E-state index contributed by atoms with van der Waals surface area (Å²) < 4.78 is 41.9. The first kappa shape index (κ1) is 43.2. The number of aryl methyl sites for hydroxylation is 1. The molecule has 0 amide bonds. The fourth-order valence-corrected chi connectivity index (χ4v) is 13.5. The molecule has 0 aliphatic carbocycles. The van der Waals surface area contributed by atoms with E-state index in [0.717, 1.165) is 0 Å². The second-order valence-corrected chi connectivity index (χ2v) is 21.0. The van der Waals surface area contributed by atoms with Crippen molar-refractivity contribution in [2.45, 2.75) is 77.7 Å². The van der Waals surface area contributed by atoms with Gasteiger partial charge in [0.15, 0.2) is 8.32 Å². The zero-order valence-corrected chi connectivity index (χ0v) is 36.1. The number of rotatable bonds is 20. The molecule has 14 nitrogen and oxygen atoms in total. The van der Waals surface area contributed by atoms with E-state index in [4.69, 9.17) is 28.3 Å². The Labute approximate surface area is 335 Å². The first-order valence-corrected chi connectivity index (χ1v) is 21.5. The molecule has 0 saturated carbocycles. The standard InChI is InChI=1S/C41H57FN8O6Si/c1-26(2)57(27(3)4,28(5)6)56-19-12-13-38-46-39(30-22-36-29(15-20-55-36)21-31(30)42)40(49(38)25-53-10)32-14-16-43-41(44-32)45-33-23-35(50(51)52)34(24-37(33)54-11)48(9)18-17-47(7)8/h14-16,20-24,26-28H,12-13,17-19,25H2,1-11H3,(H,43,44,45). The van der Waals surface area contributed by atoms with Gasteiger partial charge in [-0.3, -0.25) is 10.1 Å². The number of likely N-dealkylation sites (N-methyl/N-ethyl adjacent to an activating group) is 2. The van der Waals surface area contributed by atoms with Crippen LogP contribution in [0.25, 0.3) is 33.6 Å². The Hall–Kier alpha value is -4.90. The first-order chi connectivity index (χ1) is 27.1. The summed E-state index contributed by atoms with van der Waals surface area (Å²) in [6.45, 7) is 15.5. The van der Waals surface area contributed by atoms with Crippen molar-refractivity contribution in [3.05, 3.63) is 70.6 Å². The zero-order valence-electron chi connectivity index (χ0n) is 35.1. The summed E-state index contributed by atoms with van der Waals surface area (Å²) in [4.78, 5) is 30.1. The molecule has 16 heteroatoms. The van der Waals surface area contributed by atoms with Gasteiger partial charge in [0.2, 0.25) is 5.95 Å². The second-order valence-electron chi connectivity index (χ2n) is 15.5. The lowest BCUT2D eigenvalue weighted by Crippen LogP contribution is -2.48. The number of methoxy groups -OCH3 is 2. The van der Waals surface area contributed by atoms with E-state index in [2.05, 4.69) is 51.8 Å². The van der Waals surface area contributed by atoms with Crippen molar-refractivity contribution >= 4 is 42.3 Å². The van der Waals surface area contributed by atoms with E-state index in [1.54, 1.807) is 44.6 Å². The smallest absolute Gasteiger partial charge is 0.294 e. The fraction of sp³-hybridized carbons (Fsp3) is 0.488. The molecule has 3 aromatic heterocycles. The monoisotopic (exact) mass is 804 g/mol. The Bertz CT molecular complexity index is 2130. The number of fused-ring (bicyclic) bond motifs is 1. The van der Waals surface area contributed by atoms with Gasteiger partial charge in [0.25, 0.3) is 5.69 Å². The number of anilines is 3. The van der Waals surface area contributed by atoms with Gasteiger partial charge in [0.05, 0.1) is 35.4 Å². The molecule has 5 aromatic rings. The molecule has 0 aliphatic heterocycles. The molecule has 0 saturated heterocycles. The molecule has 0 aliphatic rings. The van der Waals surface area contributed by atoms with Crippen molar-refractivity contribution in [3.8, 4) is 28.4 Å². The summed E-state index contributed by atoms with van der Waals surface area (Å²) in [7, 11) is 6.69. The predicted octanol–water partition coefficient (Wildman–Crippen LogP) is 9.28. The quantitative estimate of drug-likeness (QED) is 0.0346. The van der Waals surface area contributed by atoms with E-state index >= 15 is 4.39 Å². The molecular weight excluding hydrogens is 748 g/mol. The van der Waals surface area contributed by atoms with E-state index in [1.165, 1.54) is 25.5 Å². The number of hydrogen-bond donors (Lipinski definition) is 1. The fourth-order valence-electron chi connectivity index (χ4n) is 7.97. The van der Waals surface area contributed by atoms with Crippen LogP contribution in [0.3, 0.4) is 0 Å². The molecular formula is C41H57FN8O6Si. The van der Waals surface area contributed by atoms with E-state index < -0.39 is 19.1 Å². The van der Waals surface area contributed by atoms with E-state index in [9.17, 15) is 10.1 Å². The average molecular weight is 805 g/mol. The van der Waals surface area contributed by atoms with Gasteiger partial charge < -0.3 is 38.0 Å². The van der Waals surface area contributed by atoms with Gasteiger partial charge >= 0.3 is 0 Å². The number of nitrogens with zero attached hydrogens (tertiary/aromatic N) is 7. The Balaban J connectivity index is 1.57. The topological polar surface area (TPSA) is 146 Å². The van der Waals surface area contributed by atoms with Crippen LogP contribution in [0.2, 0.25) is 16.6 Å². The first-order valence-electron chi connectivity index (χ1n) is 19.3. The minimum Gasteiger partial charge on any atom is -0.494 e. The van der Waals surface area contributed by atoms with Crippen LogP contribution >= 0.6 is 0 Å². The number of nitro groups is 1. The summed E-state index contributed by atoms with van der Waals surface area (Å²) in [6.07, 6.45) is 4.31. The number of nitrogens with one attached hydrogen (secondary N) is 1. The van der Waals surface area contributed by atoms with Crippen LogP contribution in [0.15, 0.2) is 53.3 Å². The third-order valence-corrected chi connectivity index (χ3v) is 16.8. The highest BCUT2D eigenvalue weighted by Crippen LogP contribution is 2.43. The highest BCUT2D eigenvalue weighted by atomic mass is 28.4. The number of ether oxygens (including phenoxy) is 2. The normalized spacial score (nSPS) is 12.1. The molecule has 0 atom stereocenters. The minimum absolute atomic E-state index is 0.108. The summed E-state index contributed by atoms with van der Waals surface area (Å²) in [6, 6.07) is 9.55. The molecule has 0 spiro atoms. The third kappa shape index (κ3) is 9.30. The van der Waals surface area contributed by atoms with Crippen molar-refractivity contribution in [1.82, 2.24) is 24.4 Å². The van der Waals surface area contributed by atoms with Crippen molar-refractivity contribution < 1.29 is 27.6 Å². The van der Waals surface area contributed by atoms with E-state index in [-0.39, 0.29) is 23.9 Å². The lowest BCUT2D eigenvalue weighted by molar-refractivity contribution is -0.384. The summed E-state index contributed by atoms with van der Waals surface area (Å²) in [5.74, 6) is 0.710. The molecule has 0 unspecified atom stereocenters. The number of nitro benzene ring substituents is 1. The highest BCUT2D eigenvalue weighted by molar-refractivity contribution is 6.77. The maximum atomic E-state index is 16.0. The molecule has 57 heavy (non-hydrogen) atoms. The second kappa shape index (κ2) is 18.6. The number of benzene rings is 2. The van der Waals surface area contributed by atoms with Crippen LogP contribution in [0.4, 0.5) is 27.4 Å². The van der Waals surface area contributed by atoms with Crippen LogP contribution < -0.4 is 15.0 Å². The molecule has 0 fully saturated rings. The molecule has 2 aromatic carbocycles. The number of furan rings is 1. The molecule has 0 bridgehead atoms. The maximum absolute atomic E-state index is 16.0. The number of halogens is 1. The van der Waals surface area contributed by atoms with E-state index in [1.807, 2.05) is 28.5 Å². The van der Waals surface area contributed by atoms with Crippen LogP contribution in [0, 0.1) is 15.9 Å². The number of imidazole rings is 1. The van der Waals surface area contributed by atoms with Gasteiger partial charge in [-0.25, -0.2) is 19.3 Å². The Morgan fingerprint density at radius 3 is 2.35 bits per heavy atom. The predicted molar refractivity (Wildman–Crippen MR) is 226 cm³/mol. The van der Waals surface area contributed by atoms with Gasteiger partial charge in [-0.1, -0.05) is 41.5 Å². The average Bonchev–Trinajstić information content (AvgIpc) is 3.76. The Morgan fingerprint density at radius 1 is 1.00 bits per heavy atom. The van der Waals surface area contributed by atoms with Gasteiger partial charge in [0, 0.05) is 69.6 Å². The zero-order chi connectivity index (χ0) is 41.6. The van der Waals surface area contributed by atoms with Gasteiger partial charge in [-0.2, -0.15) is 0 Å². The van der Waals surface area contributed by atoms with Crippen molar-refractivity contribution in [2.75, 3.05) is 65.3 Å². The lowest BCUT2D eigenvalue weighted by Gasteiger charge is -2.42. The lowest BCUT2D eigenvalue weighted by atomic mass is 10.1. The summed E-state index contributed by atoms with van der Waals surface area (Å²) >= 11 is 0. The summed E-state index contributed by atoms with van der Waals surface area (Å²) in [5.41, 5.74) is 3.99. The van der Waals surface area contributed by atoms with Gasteiger partial charge in [-0.05, 0) is 61.4 Å². The maximum Gasteiger partial charge on any atom is 0.294 e.